The molecule has 90 valence electrons. The lowest BCUT2D eigenvalue weighted by molar-refractivity contribution is 0.0995. The Balaban J connectivity index is 1.81. The molecule has 2 heterocycles. The van der Waals surface area contributed by atoms with Crippen LogP contribution in [0.25, 0.3) is 0 Å². The minimum atomic E-state index is 0.147. The smallest absolute Gasteiger partial charge is 0.176 e. The first-order valence-corrected chi connectivity index (χ1v) is 8.04. The van der Waals surface area contributed by atoms with Gasteiger partial charge in [0.1, 0.15) is 5.75 Å². The molecule has 17 heavy (non-hydrogen) atoms. The van der Waals surface area contributed by atoms with Crippen molar-refractivity contribution in [3.63, 3.8) is 0 Å². The fourth-order valence-corrected chi connectivity index (χ4v) is 4.80. The normalized spacial score (nSPS) is 22.9. The van der Waals surface area contributed by atoms with E-state index >= 15 is 0 Å². The van der Waals surface area contributed by atoms with Crippen LogP contribution in [0.5, 0.6) is 5.75 Å². The van der Waals surface area contributed by atoms with Crippen molar-refractivity contribution in [3.05, 3.63) is 29.3 Å². The van der Waals surface area contributed by atoms with E-state index in [-0.39, 0.29) is 11.0 Å². The monoisotopic (exact) mass is 266 g/mol. The van der Waals surface area contributed by atoms with E-state index in [9.17, 15) is 4.79 Å². The molecule has 1 fully saturated rings. The fourth-order valence-electron chi connectivity index (χ4n) is 2.16. The molecule has 0 N–H and O–H groups in total. The van der Waals surface area contributed by atoms with Crippen LogP contribution in [0.15, 0.2) is 18.2 Å². The molecule has 1 saturated heterocycles. The Hall–Kier alpha value is -0.610. The third-order valence-corrected chi connectivity index (χ3v) is 5.84. The molecule has 0 aromatic heterocycles. The van der Waals surface area contributed by atoms with E-state index < -0.39 is 0 Å². The highest BCUT2D eigenvalue weighted by molar-refractivity contribution is 8.07. The molecule has 1 unspecified atom stereocenters. The number of carbonyl (C=O) groups is 1. The summed E-state index contributed by atoms with van der Waals surface area (Å²) in [5.74, 6) is 4.46. The Morgan fingerprint density at radius 3 is 3.12 bits per heavy atom. The van der Waals surface area contributed by atoms with Crippen LogP contribution >= 0.6 is 23.5 Å². The predicted molar refractivity (Wildman–Crippen MR) is 73.5 cm³/mol. The summed E-state index contributed by atoms with van der Waals surface area (Å²) in [6, 6.07) is 5.87. The molecule has 1 atom stereocenters. The van der Waals surface area contributed by atoms with E-state index in [0.717, 1.165) is 35.8 Å². The van der Waals surface area contributed by atoms with Crippen molar-refractivity contribution in [2.45, 2.75) is 11.7 Å². The number of hydrogen-bond acceptors (Lipinski definition) is 4. The van der Waals surface area contributed by atoms with Gasteiger partial charge < -0.3 is 4.74 Å². The number of carbonyl (C=O) groups excluding carboxylic acids is 1. The quantitative estimate of drug-likeness (QED) is 0.769. The van der Waals surface area contributed by atoms with Gasteiger partial charge in [-0.25, -0.2) is 0 Å². The molecule has 0 radical (unpaired) electrons. The largest absolute Gasteiger partial charge is 0.493 e. The summed E-state index contributed by atoms with van der Waals surface area (Å²) in [5, 5.41) is 0.147. The van der Waals surface area contributed by atoms with Crippen LogP contribution in [0.4, 0.5) is 0 Å². The summed E-state index contributed by atoms with van der Waals surface area (Å²) in [4.78, 5) is 12.3. The second-order valence-corrected chi connectivity index (χ2v) is 6.68. The Kier molecular flexibility index (Phi) is 3.34. The molecule has 0 spiro atoms. The summed E-state index contributed by atoms with van der Waals surface area (Å²) in [5.41, 5.74) is 2.04. The maximum atomic E-state index is 12.3. The summed E-state index contributed by atoms with van der Waals surface area (Å²) < 4.78 is 5.46. The van der Waals surface area contributed by atoms with Gasteiger partial charge in [0.15, 0.2) is 5.78 Å². The Bertz CT molecular complexity index is 439. The molecule has 0 saturated carbocycles. The molecule has 0 amide bonds. The van der Waals surface area contributed by atoms with Crippen LogP contribution in [0.2, 0.25) is 0 Å². The number of benzene rings is 1. The van der Waals surface area contributed by atoms with Crippen LogP contribution in [-0.2, 0) is 6.42 Å². The highest BCUT2D eigenvalue weighted by atomic mass is 32.2. The van der Waals surface area contributed by atoms with Crippen molar-refractivity contribution in [1.29, 1.82) is 0 Å². The SMILES string of the molecule is O=C(c1ccc2c(c1)CCO2)C1CSCCS1. The summed E-state index contributed by atoms with van der Waals surface area (Å²) in [6.07, 6.45) is 0.934. The molecule has 3 rings (SSSR count). The number of ketones is 1. The van der Waals surface area contributed by atoms with Crippen molar-refractivity contribution in [2.75, 3.05) is 23.9 Å². The zero-order chi connectivity index (χ0) is 11.7. The first kappa shape index (κ1) is 11.5. The van der Waals surface area contributed by atoms with Crippen LogP contribution in [0.1, 0.15) is 15.9 Å². The van der Waals surface area contributed by atoms with E-state index in [1.54, 1.807) is 11.8 Å². The lowest BCUT2D eigenvalue weighted by Crippen LogP contribution is -2.24. The number of thioether (sulfide) groups is 2. The number of Topliss-reactive ketones (excluding diaryl/α,β-unsaturated/α-hetero) is 1. The van der Waals surface area contributed by atoms with Crippen molar-refractivity contribution < 1.29 is 9.53 Å². The third-order valence-electron chi connectivity index (χ3n) is 3.08. The summed E-state index contributed by atoms with van der Waals surface area (Å²) in [6.45, 7) is 0.751. The molecule has 2 aliphatic heterocycles. The van der Waals surface area contributed by atoms with Gasteiger partial charge in [-0.3, -0.25) is 4.79 Å². The van der Waals surface area contributed by atoms with E-state index in [1.165, 1.54) is 11.3 Å². The average Bonchev–Trinajstić information content (AvgIpc) is 2.86. The fraction of sp³-hybridized carbons (Fsp3) is 0.462. The first-order chi connectivity index (χ1) is 8.34. The second kappa shape index (κ2) is 4.94. The topological polar surface area (TPSA) is 26.3 Å². The van der Waals surface area contributed by atoms with E-state index in [2.05, 4.69) is 0 Å². The standard InChI is InChI=1S/C13H14O2S2/c14-13(12-8-16-5-6-17-12)10-1-2-11-9(7-10)3-4-15-11/h1-2,7,12H,3-6,8H2. The van der Waals surface area contributed by atoms with Crippen LogP contribution in [0, 0.1) is 0 Å². The van der Waals surface area contributed by atoms with Gasteiger partial charge in [-0.15, -0.1) is 11.8 Å². The molecule has 0 aliphatic carbocycles. The van der Waals surface area contributed by atoms with E-state index in [0.29, 0.717) is 0 Å². The zero-order valence-corrected chi connectivity index (χ0v) is 11.1. The van der Waals surface area contributed by atoms with E-state index in [4.69, 9.17) is 4.74 Å². The van der Waals surface area contributed by atoms with Gasteiger partial charge in [-0.2, -0.15) is 11.8 Å². The van der Waals surface area contributed by atoms with Gasteiger partial charge in [-0.1, -0.05) is 0 Å². The van der Waals surface area contributed by atoms with Gasteiger partial charge >= 0.3 is 0 Å². The van der Waals surface area contributed by atoms with Crippen LogP contribution in [0.3, 0.4) is 0 Å². The molecular weight excluding hydrogens is 252 g/mol. The van der Waals surface area contributed by atoms with E-state index in [1.807, 2.05) is 30.0 Å². The van der Waals surface area contributed by atoms with Gasteiger partial charge in [0.25, 0.3) is 0 Å². The molecule has 2 aliphatic rings. The number of rotatable bonds is 2. The first-order valence-electron chi connectivity index (χ1n) is 5.84. The zero-order valence-electron chi connectivity index (χ0n) is 9.48. The summed E-state index contributed by atoms with van der Waals surface area (Å²) >= 11 is 3.68. The molecular formula is C13H14O2S2. The van der Waals surface area contributed by atoms with Crippen molar-refractivity contribution in [1.82, 2.24) is 0 Å². The summed E-state index contributed by atoms with van der Waals surface area (Å²) in [7, 11) is 0. The minimum absolute atomic E-state index is 0.147. The molecule has 1 aromatic carbocycles. The average molecular weight is 266 g/mol. The third kappa shape index (κ3) is 2.33. The highest BCUT2D eigenvalue weighted by Crippen LogP contribution is 2.30. The maximum Gasteiger partial charge on any atom is 0.176 e. The van der Waals surface area contributed by atoms with Gasteiger partial charge in [0.05, 0.1) is 11.9 Å². The van der Waals surface area contributed by atoms with Crippen molar-refractivity contribution in [3.8, 4) is 5.75 Å². The Morgan fingerprint density at radius 2 is 2.29 bits per heavy atom. The number of hydrogen-bond donors (Lipinski definition) is 0. The van der Waals surface area contributed by atoms with Gasteiger partial charge in [0, 0.05) is 29.2 Å². The molecule has 1 aromatic rings. The van der Waals surface area contributed by atoms with Crippen LogP contribution < -0.4 is 4.74 Å². The predicted octanol–water partition coefficient (Wildman–Crippen LogP) is 2.65. The van der Waals surface area contributed by atoms with Crippen molar-refractivity contribution in [2.24, 2.45) is 0 Å². The Morgan fingerprint density at radius 1 is 1.35 bits per heavy atom. The number of fused-ring (bicyclic) bond motifs is 1. The lowest BCUT2D eigenvalue weighted by Gasteiger charge is -2.19. The van der Waals surface area contributed by atoms with Gasteiger partial charge in [0.2, 0.25) is 0 Å². The lowest BCUT2D eigenvalue weighted by atomic mass is 10.0. The molecule has 4 heteroatoms. The van der Waals surface area contributed by atoms with Crippen LogP contribution in [-0.4, -0.2) is 34.9 Å². The van der Waals surface area contributed by atoms with Crippen molar-refractivity contribution >= 4 is 29.3 Å². The van der Waals surface area contributed by atoms with Gasteiger partial charge in [-0.05, 0) is 23.8 Å². The molecule has 2 nitrogen and oxygen atoms in total. The maximum absolute atomic E-state index is 12.3. The second-order valence-electron chi connectivity index (χ2n) is 4.22. The Labute approximate surface area is 109 Å². The highest BCUT2D eigenvalue weighted by Gasteiger charge is 2.24. The number of ether oxygens (including phenoxy) is 1. The minimum Gasteiger partial charge on any atom is -0.493 e. The molecule has 0 bridgehead atoms.